The van der Waals surface area contributed by atoms with Gasteiger partial charge < -0.3 is 9.84 Å². The summed E-state index contributed by atoms with van der Waals surface area (Å²) < 4.78 is 5.53. The predicted molar refractivity (Wildman–Crippen MR) is 68.6 cm³/mol. The van der Waals surface area contributed by atoms with E-state index in [4.69, 9.17) is 21.6 Å². The molecular weight excluding hydrogens is 250 g/mol. The highest BCUT2D eigenvalue weighted by molar-refractivity contribution is 6.31. The summed E-state index contributed by atoms with van der Waals surface area (Å²) >= 11 is 5.89. The minimum Gasteiger partial charge on any atom is -0.508 e. The van der Waals surface area contributed by atoms with E-state index >= 15 is 0 Å². The van der Waals surface area contributed by atoms with Gasteiger partial charge in [0.25, 0.3) is 0 Å². The van der Waals surface area contributed by atoms with Crippen molar-refractivity contribution in [3.05, 3.63) is 58.6 Å². The number of hydrogen-bond acceptors (Lipinski definition) is 3. The van der Waals surface area contributed by atoms with E-state index in [1.165, 1.54) is 0 Å². The van der Waals surface area contributed by atoms with E-state index in [2.05, 4.69) is 0 Å². The van der Waals surface area contributed by atoms with Crippen LogP contribution in [-0.2, 0) is 6.61 Å². The summed E-state index contributed by atoms with van der Waals surface area (Å²) in [4.78, 5) is 0. The highest BCUT2D eigenvalue weighted by atomic mass is 35.5. The number of phenols is 1. The van der Waals surface area contributed by atoms with E-state index in [-0.39, 0.29) is 12.4 Å². The van der Waals surface area contributed by atoms with Crippen LogP contribution in [0.1, 0.15) is 11.1 Å². The molecule has 0 amide bonds. The highest BCUT2D eigenvalue weighted by Crippen LogP contribution is 2.26. The Bertz CT molecular complexity index is 605. The fraction of sp³-hybridized carbons (Fsp3) is 0.0714. The van der Waals surface area contributed by atoms with Crippen LogP contribution in [-0.4, -0.2) is 5.11 Å². The number of aromatic hydroxyl groups is 1. The lowest BCUT2D eigenvalue weighted by Crippen LogP contribution is -1.97. The van der Waals surface area contributed by atoms with Crippen molar-refractivity contribution >= 4 is 11.6 Å². The average molecular weight is 260 g/mol. The van der Waals surface area contributed by atoms with Crippen molar-refractivity contribution in [3.63, 3.8) is 0 Å². The Morgan fingerprint density at radius 1 is 1.22 bits per heavy atom. The molecule has 0 radical (unpaired) electrons. The Morgan fingerprint density at radius 2 is 2.00 bits per heavy atom. The molecule has 1 N–H and O–H groups in total. The SMILES string of the molecule is N#Cc1c(Cl)cccc1OCc1cccc(O)c1. The molecule has 4 heteroatoms. The smallest absolute Gasteiger partial charge is 0.139 e. The first-order valence-corrected chi connectivity index (χ1v) is 5.68. The van der Waals surface area contributed by atoms with Crippen molar-refractivity contribution in [1.82, 2.24) is 0 Å². The van der Waals surface area contributed by atoms with Crippen molar-refractivity contribution in [2.24, 2.45) is 0 Å². The van der Waals surface area contributed by atoms with Gasteiger partial charge in [-0.3, -0.25) is 0 Å². The molecule has 0 heterocycles. The van der Waals surface area contributed by atoms with Crippen molar-refractivity contribution in [2.75, 3.05) is 0 Å². The third kappa shape index (κ3) is 2.73. The minimum atomic E-state index is 0.183. The number of hydrogen-bond donors (Lipinski definition) is 1. The summed E-state index contributed by atoms with van der Waals surface area (Å²) in [5.74, 6) is 0.621. The van der Waals surface area contributed by atoms with Crippen LogP contribution in [0.25, 0.3) is 0 Å². The van der Waals surface area contributed by atoms with Crippen LogP contribution in [0, 0.1) is 11.3 Å². The van der Waals surface area contributed by atoms with Gasteiger partial charge in [-0.1, -0.05) is 29.8 Å². The Morgan fingerprint density at radius 3 is 2.72 bits per heavy atom. The van der Waals surface area contributed by atoms with Crippen LogP contribution >= 0.6 is 11.6 Å². The number of ether oxygens (including phenoxy) is 1. The highest BCUT2D eigenvalue weighted by Gasteiger charge is 2.07. The van der Waals surface area contributed by atoms with Gasteiger partial charge in [0.05, 0.1) is 5.02 Å². The molecule has 0 unspecified atom stereocenters. The summed E-state index contributed by atoms with van der Waals surface area (Å²) in [6, 6.07) is 13.8. The van der Waals surface area contributed by atoms with E-state index in [1.807, 2.05) is 12.1 Å². The number of rotatable bonds is 3. The molecule has 2 rings (SSSR count). The zero-order valence-corrected chi connectivity index (χ0v) is 10.2. The first-order valence-electron chi connectivity index (χ1n) is 5.30. The van der Waals surface area contributed by atoms with Crippen LogP contribution in [0.15, 0.2) is 42.5 Å². The van der Waals surface area contributed by atoms with Crippen molar-refractivity contribution in [2.45, 2.75) is 6.61 Å². The maximum atomic E-state index is 9.33. The zero-order chi connectivity index (χ0) is 13.0. The number of benzene rings is 2. The number of nitriles is 1. The van der Waals surface area contributed by atoms with E-state index in [9.17, 15) is 5.11 Å². The maximum Gasteiger partial charge on any atom is 0.139 e. The molecule has 18 heavy (non-hydrogen) atoms. The van der Waals surface area contributed by atoms with E-state index in [1.54, 1.807) is 36.4 Å². The molecular formula is C14H10ClNO2. The summed E-state index contributed by atoms with van der Waals surface area (Å²) in [6.07, 6.45) is 0. The Labute approximate surface area is 110 Å². The monoisotopic (exact) mass is 259 g/mol. The Kier molecular flexibility index (Phi) is 3.71. The summed E-state index contributed by atoms with van der Waals surface area (Å²) in [5, 5.41) is 18.7. The second kappa shape index (κ2) is 5.44. The fourth-order valence-corrected chi connectivity index (χ4v) is 1.75. The normalized spacial score (nSPS) is 9.78. The van der Waals surface area contributed by atoms with Gasteiger partial charge in [0.15, 0.2) is 0 Å². The summed E-state index contributed by atoms with van der Waals surface area (Å²) in [7, 11) is 0. The van der Waals surface area contributed by atoms with Crippen molar-refractivity contribution < 1.29 is 9.84 Å². The van der Waals surface area contributed by atoms with Gasteiger partial charge in [0.1, 0.15) is 29.7 Å². The fourth-order valence-electron chi connectivity index (χ4n) is 1.54. The van der Waals surface area contributed by atoms with Gasteiger partial charge in [0.2, 0.25) is 0 Å². The molecule has 2 aromatic rings. The largest absolute Gasteiger partial charge is 0.508 e. The first-order chi connectivity index (χ1) is 8.70. The molecule has 0 fully saturated rings. The van der Waals surface area contributed by atoms with Gasteiger partial charge in [-0.25, -0.2) is 0 Å². The molecule has 2 aromatic carbocycles. The Balaban J connectivity index is 2.16. The third-order valence-corrected chi connectivity index (χ3v) is 2.71. The summed E-state index contributed by atoms with van der Waals surface area (Å²) in [6.45, 7) is 0.267. The van der Waals surface area contributed by atoms with Crippen LogP contribution in [0.4, 0.5) is 0 Å². The lowest BCUT2D eigenvalue weighted by atomic mass is 10.2. The molecule has 0 atom stereocenters. The molecule has 3 nitrogen and oxygen atoms in total. The van der Waals surface area contributed by atoms with Crippen LogP contribution < -0.4 is 4.74 Å². The second-order valence-electron chi connectivity index (χ2n) is 3.68. The number of phenolic OH excluding ortho intramolecular Hbond substituents is 1. The average Bonchev–Trinajstić information content (AvgIpc) is 2.36. The van der Waals surface area contributed by atoms with E-state index in [0.717, 1.165) is 5.56 Å². The van der Waals surface area contributed by atoms with Crippen molar-refractivity contribution in [3.8, 4) is 17.6 Å². The van der Waals surface area contributed by atoms with Crippen molar-refractivity contribution in [1.29, 1.82) is 5.26 Å². The Hall–Kier alpha value is -2.18. The van der Waals surface area contributed by atoms with Gasteiger partial charge in [0, 0.05) is 0 Å². The molecule has 0 aliphatic carbocycles. The molecule has 0 spiro atoms. The quantitative estimate of drug-likeness (QED) is 0.918. The van der Waals surface area contributed by atoms with E-state index in [0.29, 0.717) is 16.3 Å². The number of halogens is 1. The maximum absolute atomic E-state index is 9.33. The minimum absolute atomic E-state index is 0.183. The van der Waals surface area contributed by atoms with Gasteiger partial charge in [-0.15, -0.1) is 0 Å². The summed E-state index contributed by atoms with van der Waals surface area (Å²) in [5.41, 5.74) is 1.14. The lowest BCUT2D eigenvalue weighted by molar-refractivity contribution is 0.304. The molecule has 0 aromatic heterocycles. The molecule has 0 saturated heterocycles. The lowest BCUT2D eigenvalue weighted by Gasteiger charge is -2.08. The molecule has 90 valence electrons. The predicted octanol–water partition coefficient (Wildman–Crippen LogP) is 3.50. The molecule has 0 saturated carbocycles. The van der Waals surface area contributed by atoms with Crippen LogP contribution in [0.2, 0.25) is 5.02 Å². The standard InChI is InChI=1S/C14H10ClNO2/c15-13-5-2-6-14(12(13)8-16)18-9-10-3-1-4-11(17)7-10/h1-7,17H,9H2. The molecule has 0 aliphatic rings. The van der Waals surface area contributed by atoms with Gasteiger partial charge >= 0.3 is 0 Å². The molecule has 0 bridgehead atoms. The third-order valence-electron chi connectivity index (χ3n) is 2.39. The second-order valence-corrected chi connectivity index (χ2v) is 4.09. The van der Waals surface area contributed by atoms with Crippen LogP contribution in [0.5, 0.6) is 11.5 Å². The molecule has 0 aliphatic heterocycles. The topological polar surface area (TPSA) is 53.2 Å². The van der Waals surface area contributed by atoms with Gasteiger partial charge in [-0.2, -0.15) is 5.26 Å². The van der Waals surface area contributed by atoms with Crippen LogP contribution in [0.3, 0.4) is 0 Å². The zero-order valence-electron chi connectivity index (χ0n) is 9.43. The first kappa shape index (κ1) is 12.3. The number of nitrogens with zero attached hydrogens (tertiary/aromatic N) is 1. The van der Waals surface area contributed by atoms with Gasteiger partial charge in [-0.05, 0) is 29.8 Å². The van der Waals surface area contributed by atoms with E-state index < -0.39 is 0 Å².